The molecule has 2 amide bonds. The fraction of sp³-hybridized carbons (Fsp3) is 0.769. The van der Waals surface area contributed by atoms with Gasteiger partial charge < -0.3 is 19.7 Å². The molecule has 0 aliphatic carbocycles. The lowest BCUT2D eigenvalue weighted by atomic mass is 9.99. The van der Waals surface area contributed by atoms with Crippen LogP contribution in [0.5, 0.6) is 0 Å². The summed E-state index contributed by atoms with van der Waals surface area (Å²) in [6, 6.07) is 0. The van der Waals surface area contributed by atoms with Gasteiger partial charge in [-0.25, -0.2) is 4.79 Å². The molecule has 0 radical (unpaired) electrons. The van der Waals surface area contributed by atoms with Gasteiger partial charge in [0.05, 0.1) is 0 Å². The standard InChI is InChI=1S/C13H22N2O4/c1-13(2,3)19-12(18)14-8-11(17)15-6-4-10(9-16)5-7-15/h9-10H,4-8H2,1-3H3,(H,14,18). The van der Waals surface area contributed by atoms with Gasteiger partial charge in [0.15, 0.2) is 0 Å². The summed E-state index contributed by atoms with van der Waals surface area (Å²) in [6.45, 7) is 6.35. The second-order valence-electron chi connectivity index (χ2n) is 5.71. The van der Waals surface area contributed by atoms with Gasteiger partial charge in [0.1, 0.15) is 18.4 Å². The maximum absolute atomic E-state index is 11.8. The van der Waals surface area contributed by atoms with Gasteiger partial charge in [-0.05, 0) is 33.6 Å². The number of carbonyl (C=O) groups excluding carboxylic acids is 3. The van der Waals surface area contributed by atoms with Gasteiger partial charge in [0.2, 0.25) is 5.91 Å². The second-order valence-corrected chi connectivity index (χ2v) is 5.71. The van der Waals surface area contributed by atoms with Crippen LogP contribution in [-0.4, -0.2) is 48.4 Å². The molecule has 0 bridgehead atoms. The van der Waals surface area contributed by atoms with Gasteiger partial charge in [-0.2, -0.15) is 0 Å². The molecule has 1 heterocycles. The Bertz CT molecular complexity index is 341. The van der Waals surface area contributed by atoms with Crippen LogP contribution >= 0.6 is 0 Å². The SMILES string of the molecule is CC(C)(C)OC(=O)NCC(=O)N1CCC(C=O)CC1. The highest BCUT2D eigenvalue weighted by atomic mass is 16.6. The average Bonchev–Trinajstić information content (AvgIpc) is 2.34. The number of hydrogen-bond acceptors (Lipinski definition) is 4. The molecular weight excluding hydrogens is 248 g/mol. The van der Waals surface area contributed by atoms with E-state index in [1.165, 1.54) is 0 Å². The maximum atomic E-state index is 11.8. The monoisotopic (exact) mass is 270 g/mol. The van der Waals surface area contributed by atoms with Gasteiger partial charge >= 0.3 is 6.09 Å². The third-order valence-electron chi connectivity index (χ3n) is 2.87. The minimum Gasteiger partial charge on any atom is -0.444 e. The fourth-order valence-electron chi connectivity index (χ4n) is 1.86. The number of alkyl carbamates (subject to hydrolysis) is 1. The molecule has 19 heavy (non-hydrogen) atoms. The lowest BCUT2D eigenvalue weighted by Gasteiger charge is -2.29. The number of likely N-dealkylation sites (tertiary alicyclic amines) is 1. The number of rotatable bonds is 3. The summed E-state index contributed by atoms with van der Waals surface area (Å²) in [7, 11) is 0. The predicted molar refractivity (Wildman–Crippen MR) is 69.6 cm³/mol. The molecule has 1 aliphatic heterocycles. The Balaban J connectivity index is 2.28. The zero-order chi connectivity index (χ0) is 14.5. The van der Waals surface area contributed by atoms with Gasteiger partial charge in [0, 0.05) is 19.0 Å². The maximum Gasteiger partial charge on any atom is 0.408 e. The van der Waals surface area contributed by atoms with Crippen molar-refractivity contribution in [1.82, 2.24) is 10.2 Å². The van der Waals surface area contributed by atoms with E-state index >= 15 is 0 Å². The molecule has 1 fully saturated rings. The van der Waals surface area contributed by atoms with Crippen molar-refractivity contribution in [2.75, 3.05) is 19.6 Å². The van der Waals surface area contributed by atoms with Gasteiger partial charge in [0.25, 0.3) is 0 Å². The highest BCUT2D eigenvalue weighted by Gasteiger charge is 2.23. The average molecular weight is 270 g/mol. The van der Waals surface area contributed by atoms with Crippen LogP contribution in [0.25, 0.3) is 0 Å². The van der Waals surface area contributed by atoms with E-state index in [1.807, 2.05) is 0 Å². The quantitative estimate of drug-likeness (QED) is 0.775. The molecule has 108 valence electrons. The number of piperidine rings is 1. The number of carbonyl (C=O) groups is 3. The Hall–Kier alpha value is -1.59. The molecule has 6 nitrogen and oxygen atoms in total. The van der Waals surface area contributed by atoms with E-state index in [2.05, 4.69) is 5.32 Å². The Kier molecular flexibility index (Phi) is 5.32. The molecular formula is C13H22N2O4. The van der Waals surface area contributed by atoms with E-state index in [9.17, 15) is 14.4 Å². The molecule has 1 rings (SSSR count). The molecule has 0 unspecified atom stereocenters. The topological polar surface area (TPSA) is 75.7 Å². The highest BCUT2D eigenvalue weighted by Crippen LogP contribution is 2.14. The molecule has 0 atom stereocenters. The largest absolute Gasteiger partial charge is 0.444 e. The summed E-state index contributed by atoms with van der Waals surface area (Å²) < 4.78 is 5.04. The fourth-order valence-corrected chi connectivity index (χ4v) is 1.86. The number of nitrogens with zero attached hydrogens (tertiary/aromatic N) is 1. The predicted octanol–water partition coefficient (Wildman–Crippen LogP) is 0.949. The first-order valence-electron chi connectivity index (χ1n) is 6.52. The molecule has 1 N–H and O–H groups in total. The van der Waals surface area contributed by atoms with Crippen molar-refractivity contribution >= 4 is 18.3 Å². The normalized spacial score (nSPS) is 16.9. The summed E-state index contributed by atoms with van der Waals surface area (Å²) >= 11 is 0. The number of aldehydes is 1. The van der Waals surface area contributed by atoms with Crippen LogP contribution in [0, 0.1) is 5.92 Å². The molecule has 0 saturated carbocycles. The Labute approximate surface area is 113 Å². The molecule has 0 aromatic rings. The molecule has 1 saturated heterocycles. The van der Waals surface area contributed by atoms with Crippen molar-refractivity contribution in [1.29, 1.82) is 0 Å². The summed E-state index contributed by atoms with van der Waals surface area (Å²) in [4.78, 5) is 35.5. The highest BCUT2D eigenvalue weighted by molar-refractivity contribution is 5.82. The van der Waals surface area contributed by atoms with Crippen molar-refractivity contribution in [3.63, 3.8) is 0 Å². The zero-order valence-electron chi connectivity index (χ0n) is 11.8. The minimum absolute atomic E-state index is 0.0582. The van der Waals surface area contributed by atoms with Crippen LogP contribution < -0.4 is 5.32 Å². The summed E-state index contributed by atoms with van der Waals surface area (Å²) in [5.74, 6) is -0.0851. The molecule has 0 aromatic carbocycles. The van der Waals surface area contributed by atoms with Crippen molar-refractivity contribution in [2.45, 2.75) is 39.2 Å². The van der Waals surface area contributed by atoms with Crippen LogP contribution in [-0.2, 0) is 14.3 Å². The Morgan fingerprint density at radius 1 is 1.32 bits per heavy atom. The molecule has 0 spiro atoms. The Morgan fingerprint density at radius 3 is 2.37 bits per heavy atom. The first-order chi connectivity index (χ1) is 8.81. The molecule has 1 aliphatic rings. The third-order valence-corrected chi connectivity index (χ3v) is 2.87. The van der Waals surface area contributed by atoms with Crippen molar-refractivity contribution in [3.8, 4) is 0 Å². The van der Waals surface area contributed by atoms with Crippen molar-refractivity contribution in [2.24, 2.45) is 5.92 Å². The lowest BCUT2D eigenvalue weighted by Crippen LogP contribution is -2.45. The molecule has 6 heteroatoms. The van der Waals surface area contributed by atoms with Crippen molar-refractivity contribution in [3.05, 3.63) is 0 Å². The van der Waals surface area contributed by atoms with Crippen LogP contribution in [0.1, 0.15) is 33.6 Å². The van der Waals surface area contributed by atoms with Crippen molar-refractivity contribution < 1.29 is 19.1 Å². The van der Waals surface area contributed by atoms with Crippen LogP contribution in [0.3, 0.4) is 0 Å². The number of nitrogens with one attached hydrogen (secondary N) is 1. The van der Waals surface area contributed by atoms with Gasteiger partial charge in [-0.1, -0.05) is 0 Å². The molecule has 0 aromatic heterocycles. The minimum atomic E-state index is -0.594. The Morgan fingerprint density at radius 2 is 1.89 bits per heavy atom. The van der Waals surface area contributed by atoms with E-state index < -0.39 is 11.7 Å². The first-order valence-corrected chi connectivity index (χ1v) is 6.52. The van der Waals surface area contributed by atoms with E-state index in [0.29, 0.717) is 25.9 Å². The van der Waals surface area contributed by atoms with E-state index in [-0.39, 0.29) is 18.4 Å². The summed E-state index contributed by atoms with van der Waals surface area (Å²) in [6.07, 6.45) is 1.74. The number of ether oxygens (including phenoxy) is 1. The van der Waals surface area contributed by atoms with Crippen LogP contribution in [0.4, 0.5) is 4.79 Å². The number of amides is 2. The van der Waals surface area contributed by atoms with Gasteiger partial charge in [-0.15, -0.1) is 0 Å². The van der Waals surface area contributed by atoms with E-state index in [1.54, 1.807) is 25.7 Å². The van der Waals surface area contributed by atoms with E-state index in [0.717, 1.165) is 6.29 Å². The van der Waals surface area contributed by atoms with Gasteiger partial charge in [-0.3, -0.25) is 4.79 Å². The number of hydrogen-bond donors (Lipinski definition) is 1. The lowest BCUT2D eigenvalue weighted by molar-refractivity contribution is -0.132. The zero-order valence-corrected chi connectivity index (χ0v) is 11.8. The van der Waals surface area contributed by atoms with Crippen LogP contribution in [0.15, 0.2) is 0 Å². The summed E-state index contributed by atoms with van der Waals surface area (Å²) in [5.41, 5.74) is -0.574. The summed E-state index contributed by atoms with van der Waals surface area (Å²) in [5, 5.41) is 2.44. The third kappa shape index (κ3) is 5.72. The second kappa shape index (κ2) is 6.54. The van der Waals surface area contributed by atoms with Crippen LogP contribution in [0.2, 0.25) is 0 Å². The van der Waals surface area contributed by atoms with E-state index in [4.69, 9.17) is 4.74 Å². The first kappa shape index (κ1) is 15.5. The smallest absolute Gasteiger partial charge is 0.408 e.